The molecule has 5 heteroatoms. The first-order chi connectivity index (χ1) is 12.8. The predicted molar refractivity (Wildman–Crippen MR) is 99.6 cm³/mol. The number of fused-ring (bicyclic) bond motifs is 2. The Morgan fingerprint density at radius 1 is 1.04 bits per heavy atom. The highest BCUT2D eigenvalue weighted by Crippen LogP contribution is 2.38. The van der Waals surface area contributed by atoms with E-state index in [1.165, 1.54) is 13.0 Å². The Morgan fingerprint density at radius 2 is 1.63 bits per heavy atom. The molecule has 0 aromatic heterocycles. The molecule has 0 unspecified atom stereocenters. The van der Waals surface area contributed by atoms with Gasteiger partial charge in [0.1, 0.15) is 0 Å². The Balaban J connectivity index is 2.30. The molecule has 3 rings (SSSR count). The van der Waals surface area contributed by atoms with Crippen molar-refractivity contribution in [3.05, 3.63) is 63.7 Å². The van der Waals surface area contributed by atoms with Crippen LogP contribution in [0.2, 0.25) is 0 Å². The number of benzene rings is 2. The Bertz CT molecular complexity index is 1000. The van der Waals surface area contributed by atoms with Crippen LogP contribution in [0.3, 0.4) is 0 Å². The summed E-state index contributed by atoms with van der Waals surface area (Å²) in [6, 6.07) is 8.04. The molecule has 0 N–H and O–H groups in total. The lowest BCUT2D eigenvalue weighted by Crippen LogP contribution is -2.26. The van der Waals surface area contributed by atoms with Gasteiger partial charge in [-0.1, -0.05) is 38.1 Å². The average molecular weight is 364 g/mol. The molecule has 0 spiro atoms. The Hall–Kier alpha value is -3.08. The maximum absolute atomic E-state index is 13.1. The normalized spacial score (nSPS) is 13.6. The Kier molecular flexibility index (Phi) is 4.79. The van der Waals surface area contributed by atoms with Crippen molar-refractivity contribution in [2.45, 2.75) is 34.1 Å². The minimum Gasteiger partial charge on any atom is -0.425 e. The number of esters is 1. The molecule has 1 aliphatic rings. The number of hydrogen-bond donors (Lipinski definition) is 0. The predicted octanol–water partition coefficient (Wildman–Crippen LogP) is 3.92. The topological polar surface area (TPSA) is 77.5 Å². The molecule has 1 atom stereocenters. The highest BCUT2D eigenvalue weighted by Gasteiger charge is 2.36. The molecule has 138 valence electrons. The highest BCUT2D eigenvalue weighted by molar-refractivity contribution is 6.30. The number of aryl methyl sites for hydroxylation is 1. The summed E-state index contributed by atoms with van der Waals surface area (Å²) in [7, 11) is 0. The molecule has 0 bridgehead atoms. The van der Waals surface area contributed by atoms with Crippen molar-refractivity contribution in [1.82, 2.24) is 0 Å². The zero-order chi connectivity index (χ0) is 19.9. The van der Waals surface area contributed by atoms with Crippen molar-refractivity contribution in [2.75, 3.05) is 0 Å². The second-order valence-electron chi connectivity index (χ2n) is 6.81. The number of Topliss-reactive ketones (excluding diaryl/α,β-unsaturated/α-hetero) is 1. The molecule has 0 saturated heterocycles. The van der Waals surface area contributed by atoms with E-state index < -0.39 is 17.7 Å². The molecule has 5 nitrogen and oxygen atoms in total. The summed E-state index contributed by atoms with van der Waals surface area (Å²) in [6.45, 7) is 6.56. The van der Waals surface area contributed by atoms with Crippen molar-refractivity contribution in [3.8, 4) is 5.75 Å². The van der Waals surface area contributed by atoms with E-state index in [9.17, 15) is 19.2 Å². The van der Waals surface area contributed by atoms with Crippen LogP contribution in [0.1, 0.15) is 75.0 Å². The second kappa shape index (κ2) is 6.91. The molecule has 0 fully saturated rings. The van der Waals surface area contributed by atoms with Crippen LogP contribution in [0.4, 0.5) is 0 Å². The largest absolute Gasteiger partial charge is 0.425 e. The van der Waals surface area contributed by atoms with Gasteiger partial charge in [0.25, 0.3) is 0 Å². The van der Waals surface area contributed by atoms with E-state index in [0.717, 1.165) is 0 Å². The number of ketones is 3. The van der Waals surface area contributed by atoms with Crippen LogP contribution >= 0.6 is 0 Å². The lowest BCUT2D eigenvalue weighted by molar-refractivity contribution is -0.138. The van der Waals surface area contributed by atoms with Crippen LogP contribution in [-0.2, 0) is 4.79 Å². The molecule has 2 aromatic carbocycles. The minimum absolute atomic E-state index is 0.00819. The standard InChI is InChI=1S/C22H20O5/c1-5-11(2)22(26)27-21-17(13(4)23)12(3)10-16-18(21)20(25)15-9-7-6-8-14(15)19(16)24/h6-11H,5H2,1-4H3/t11-/m0/s1. The highest BCUT2D eigenvalue weighted by atomic mass is 16.5. The van der Waals surface area contributed by atoms with Crippen molar-refractivity contribution in [3.63, 3.8) is 0 Å². The fourth-order valence-electron chi connectivity index (χ4n) is 3.26. The molecule has 0 aliphatic heterocycles. The van der Waals surface area contributed by atoms with Gasteiger partial charge in [0, 0.05) is 16.7 Å². The van der Waals surface area contributed by atoms with Crippen LogP contribution in [0.15, 0.2) is 30.3 Å². The first-order valence-electron chi connectivity index (χ1n) is 8.86. The molecular formula is C22H20O5. The van der Waals surface area contributed by atoms with E-state index in [-0.39, 0.29) is 39.6 Å². The average Bonchev–Trinajstić information content (AvgIpc) is 2.64. The summed E-state index contributed by atoms with van der Waals surface area (Å²) in [5.74, 6) is -2.11. The minimum atomic E-state index is -0.535. The van der Waals surface area contributed by atoms with Gasteiger partial charge >= 0.3 is 5.97 Å². The van der Waals surface area contributed by atoms with Gasteiger partial charge in [0.05, 0.1) is 17.0 Å². The van der Waals surface area contributed by atoms with E-state index in [1.54, 1.807) is 38.1 Å². The quantitative estimate of drug-likeness (QED) is 0.398. The fraction of sp³-hybridized carbons (Fsp3) is 0.273. The summed E-state index contributed by atoms with van der Waals surface area (Å²) in [5.41, 5.74) is 1.36. The third kappa shape index (κ3) is 2.99. The van der Waals surface area contributed by atoms with E-state index in [4.69, 9.17) is 4.74 Å². The molecule has 0 heterocycles. The molecule has 2 aromatic rings. The maximum atomic E-state index is 13.1. The van der Waals surface area contributed by atoms with Crippen LogP contribution in [0.5, 0.6) is 5.75 Å². The third-order valence-electron chi connectivity index (χ3n) is 4.94. The first kappa shape index (κ1) is 18.7. The zero-order valence-electron chi connectivity index (χ0n) is 15.7. The van der Waals surface area contributed by atoms with Crippen LogP contribution in [0, 0.1) is 12.8 Å². The fourth-order valence-corrected chi connectivity index (χ4v) is 3.26. The van der Waals surface area contributed by atoms with Crippen molar-refractivity contribution in [2.24, 2.45) is 5.92 Å². The van der Waals surface area contributed by atoms with Gasteiger partial charge in [-0.15, -0.1) is 0 Å². The van der Waals surface area contributed by atoms with Gasteiger partial charge in [0.2, 0.25) is 0 Å². The van der Waals surface area contributed by atoms with Gasteiger partial charge in [-0.2, -0.15) is 0 Å². The summed E-state index contributed by atoms with van der Waals surface area (Å²) in [4.78, 5) is 50.7. The van der Waals surface area contributed by atoms with E-state index in [2.05, 4.69) is 0 Å². The lowest BCUT2D eigenvalue weighted by Gasteiger charge is -2.23. The maximum Gasteiger partial charge on any atom is 0.314 e. The van der Waals surface area contributed by atoms with Crippen LogP contribution in [0.25, 0.3) is 0 Å². The summed E-state index contributed by atoms with van der Waals surface area (Å²) in [5, 5.41) is 0. The monoisotopic (exact) mass is 364 g/mol. The SMILES string of the molecule is CC[C@H](C)C(=O)Oc1c(C(C)=O)c(C)cc2c1C(=O)c1ccccc1C2=O. The molecule has 0 saturated carbocycles. The number of rotatable bonds is 4. The Morgan fingerprint density at radius 3 is 2.19 bits per heavy atom. The van der Waals surface area contributed by atoms with Gasteiger partial charge in [0.15, 0.2) is 23.1 Å². The molecule has 1 aliphatic carbocycles. The first-order valence-corrected chi connectivity index (χ1v) is 8.86. The summed E-state index contributed by atoms with van der Waals surface area (Å²) < 4.78 is 5.54. The smallest absolute Gasteiger partial charge is 0.314 e. The van der Waals surface area contributed by atoms with Crippen LogP contribution in [-0.4, -0.2) is 23.3 Å². The van der Waals surface area contributed by atoms with Gasteiger partial charge in [-0.05, 0) is 31.9 Å². The third-order valence-corrected chi connectivity index (χ3v) is 4.94. The van der Waals surface area contributed by atoms with Crippen molar-refractivity contribution in [1.29, 1.82) is 0 Å². The van der Waals surface area contributed by atoms with Gasteiger partial charge in [-0.25, -0.2) is 0 Å². The summed E-state index contributed by atoms with van der Waals surface area (Å²) >= 11 is 0. The molecular weight excluding hydrogens is 344 g/mol. The van der Waals surface area contributed by atoms with E-state index >= 15 is 0 Å². The number of carbonyl (C=O) groups is 4. The van der Waals surface area contributed by atoms with Gasteiger partial charge in [-0.3, -0.25) is 19.2 Å². The summed E-state index contributed by atoms with van der Waals surface area (Å²) in [6.07, 6.45) is 0.554. The number of ether oxygens (including phenoxy) is 1. The Labute approximate surface area is 157 Å². The number of carbonyl (C=O) groups excluding carboxylic acids is 4. The second-order valence-corrected chi connectivity index (χ2v) is 6.81. The van der Waals surface area contributed by atoms with Crippen molar-refractivity contribution >= 4 is 23.3 Å². The zero-order valence-corrected chi connectivity index (χ0v) is 15.7. The molecule has 0 radical (unpaired) electrons. The number of hydrogen-bond acceptors (Lipinski definition) is 5. The van der Waals surface area contributed by atoms with Gasteiger partial charge < -0.3 is 4.74 Å². The molecule has 0 amide bonds. The van der Waals surface area contributed by atoms with E-state index in [0.29, 0.717) is 17.5 Å². The molecule has 27 heavy (non-hydrogen) atoms. The van der Waals surface area contributed by atoms with Crippen LogP contribution < -0.4 is 4.74 Å². The van der Waals surface area contributed by atoms with Crippen molar-refractivity contribution < 1.29 is 23.9 Å². The van der Waals surface area contributed by atoms with E-state index in [1.807, 2.05) is 6.92 Å². The lowest BCUT2D eigenvalue weighted by atomic mass is 9.81.